The minimum absolute atomic E-state index is 0.382. The molecular formula is C22H28ClN3O3. The SMILES string of the molecule is CCOc1ccccc1NC(=O)OCCCN1CCN(c2ccccc2Cl)CC1. The fraction of sp³-hybridized carbons (Fsp3) is 0.409. The molecule has 29 heavy (non-hydrogen) atoms. The second-order valence-electron chi connectivity index (χ2n) is 6.82. The summed E-state index contributed by atoms with van der Waals surface area (Å²) in [6.45, 7) is 7.56. The Hall–Kier alpha value is -2.44. The average molecular weight is 418 g/mol. The number of hydrogen-bond donors (Lipinski definition) is 1. The lowest BCUT2D eigenvalue weighted by Gasteiger charge is -2.36. The molecule has 0 saturated carbocycles. The van der Waals surface area contributed by atoms with E-state index in [1.165, 1.54) is 0 Å². The van der Waals surface area contributed by atoms with Crippen molar-refractivity contribution in [2.45, 2.75) is 13.3 Å². The van der Waals surface area contributed by atoms with Crippen molar-refractivity contribution in [1.82, 2.24) is 4.90 Å². The summed E-state index contributed by atoms with van der Waals surface area (Å²) in [5.74, 6) is 0.642. The van der Waals surface area contributed by atoms with Crippen molar-refractivity contribution >= 4 is 29.1 Å². The Bertz CT molecular complexity index is 794. The second-order valence-corrected chi connectivity index (χ2v) is 7.23. The van der Waals surface area contributed by atoms with Gasteiger partial charge in [-0.25, -0.2) is 4.79 Å². The maximum Gasteiger partial charge on any atom is 0.411 e. The van der Waals surface area contributed by atoms with Crippen LogP contribution in [0.5, 0.6) is 5.75 Å². The van der Waals surface area contributed by atoms with Crippen LogP contribution in [-0.4, -0.2) is 56.9 Å². The monoisotopic (exact) mass is 417 g/mol. The molecule has 0 unspecified atom stereocenters. The molecule has 0 spiro atoms. The Morgan fingerprint density at radius 2 is 1.79 bits per heavy atom. The Morgan fingerprint density at radius 1 is 1.07 bits per heavy atom. The first-order valence-corrected chi connectivity index (χ1v) is 10.4. The van der Waals surface area contributed by atoms with E-state index in [1.807, 2.05) is 43.3 Å². The van der Waals surface area contributed by atoms with Gasteiger partial charge in [-0.15, -0.1) is 0 Å². The first-order chi connectivity index (χ1) is 14.2. The molecule has 1 saturated heterocycles. The molecule has 7 heteroatoms. The zero-order valence-electron chi connectivity index (χ0n) is 16.8. The third-order valence-corrected chi connectivity index (χ3v) is 5.16. The van der Waals surface area contributed by atoms with Crippen molar-refractivity contribution < 1.29 is 14.3 Å². The summed E-state index contributed by atoms with van der Waals surface area (Å²) in [7, 11) is 0. The van der Waals surface area contributed by atoms with Gasteiger partial charge in [0, 0.05) is 32.7 Å². The van der Waals surface area contributed by atoms with Crippen LogP contribution in [0.25, 0.3) is 0 Å². The van der Waals surface area contributed by atoms with Crippen molar-refractivity contribution in [3.8, 4) is 5.75 Å². The number of amides is 1. The number of carbonyl (C=O) groups excluding carboxylic acids is 1. The molecule has 1 amide bonds. The van der Waals surface area contributed by atoms with Crippen molar-refractivity contribution in [3.63, 3.8) is 0 Å². The summed E-state index contributed by atoms with van der Waals surface area (Å²) in [6, 6.07) is 15.3. The largest absolute Gasteiger partial charge is 0.492 e. The average Bonchev–Trinajstić information content (AvgIpc) is 2.74. The Balaban J connectivity index is 1.34. The van der Waals surface area contributed by atoms with E-state index in [1.54, 1.807) is 6.07 Å². The van der Waals surface area contributed by atoms with E-state index in [2.05, 4.69) is 21.2 Å². The lowest BCUT2D eigenvalue weighted by atomic mass is 10.2. The predicted octanol–water partition coefficient (Wildman–Crippen LogP) is 4.50. The summed E-state index contributed by atoms with van der Waals surface area (Å²) in [4.78, 5) is 16.7. The van der Waals surface area contributed by atoms with Crippen molar-refractivity contribution in [2.24, 2.45) is 0 Å². The molecule has 156 valence electrons. The summed E-state index contributed by atoms with van der Waals surface area (Å²) in [5.41, 5.74) is 1.72. The molecule has 0 aliphatic carbocycles. The molecule has 0 radical (unpaired) electrons. The third kappa shape index (κ3) is 6.27. The number of hydrogen-bond acceptors (Lipinski definition) is 5. The van der Waals surface area contributed by atoms with Crippen LogP contribution in [0.1, 0.15) is 13.3 Å². The molecule has 0 atom stereocenters. The molecule has 2 aromatic carbocycles. The van der Waals surface area contributed by atoms with Gasteiger partial charge in [0.1, 0.15) is 5.75 Å². The van der Waals surface area contributed by atoms with Crippen LogP contribution in [-0.2, 0) is 4.74 Å². The number of para-hydroxylation sites is 3. The molecule has 3 rings (SSSR count). The number of nitrogens with zero attached hydrogens (tertiary/aromatic N) is 2. The number of rotatable bonds is 8. The molecule has 0 aromatic heterocycles. The van der Waals surface area contributed by atoms with E-state index in [0.29, 0.717) is 24.7 Å². The van der Waals surface area contributed by atoms with Crippen LogP contribution in [0.3, 0.4) is 0 Å². The van der Waals surface area contributed by atoms with E-state index in [9.17, 15) is 4.79 Å². The minimum atomic E-state index is -0.458. The van der Waals surface area contributed by atoms with Gasteiger partial charge in [-0.3, -0.25) is 10.2 Å². The lowest BCUT2D eigenvalue weighted by molar-refractivity contribution is 0.151. The van der Waals surface area contributed by atoms with E-state index in [-0.39, 0.29) is 0 Å². The van der Waals surface area contributed by atoms with Gasteiger partial charge in [-0.05, 0) is 37.6 Å². The fourth-order valence-corrected chi connectivity index (χ4v) is 3.63. The molecule has 1 aliphatic heterocycles. The van der Waals surface area contributed by atoms with Gasteiger partial charge in [0.15, 0.2) is 0 Å². The third-order valence-electron chi connectivity index (χ3n) is 4.84. The van der Waals surface area contributed by atoms with Crippen molar-refractivity contribution in [1.29, 1.82) is 0 Å². The molecule has 0 bridgehead atoms. The normalized spacial score (nSPS) is 14.5. The van der Waals surface area contributed by atoms with Gasteiger partial charge in [0.25, 0.3) is 0 Å². The van der Waals surface area contributed by atoms with Crippen LogP contribution in [0.15, 0.2) is 48.5 Å². The molecule has 1 heterocycles. The van der Waals surface area contributed by atoms with Gasteiger partial charge in [-0.1, -0.05) is 35.9 Å². The smallest absolute Gasteiger partial charge is 0.411 e. The van der Waals surface area contributed by atoms with Gasteiger partial charge in [0.05, 0.1) is 29.6 Å². The molecular weight excluding hydrogens is 390 g/mol. The molecule has 6 nitrogen and oxygen atoms in total. The molecule has 2 aromatic rings. The summed E-state index contributed by atoms with van der Waals surface area (Å²) < 4.78 is 10.8. The zero-order chi connectivity index (χ0) is 20.5. The molecule has 1 N–H and O–H groups in total. The molecule has 1 fully saturated rings. The highest BCUT2D eigenvalue weighted by atomic mass is 35.5. The van der Waals surface area contributed by atoms with Gasteiger partial charge >= 0.3 is 6.09 Å². The van der Waals surface area contributed by atoms with Gasteiger partial charge in [-0.2, -0.15) is 0 Å². The maximum atomic E-state index is 12.0. The van der Waals surface area contributed by atoms with E-state index < -0.39 is 6.09 Å². The van der Waals surface area contributed by atoms with Crippen LogP contribution in [0.2, 0.25) is 5.02 Å². The maximum absolute atomic E-state index is 12.0. The van der Waals surface area contributed by atoms with Crippen LogP contribution in [0, 0.1) is 0 Å². The Morgan fingerprint density at radius 3 is 2.55 bits per heavy atom. The molecule has 1 aliphatic rings. The van der Waals surface area contributed by atoms with E-state index in [4.69, 9.17) is 21.1 Å². The number of anilines is 2. The standard InChI is InChI=1S/C22H28ClN3O3/c1-2-28-21-11-6-4-9-19(21)24-22(27)29-17-7-12-25-13-15-26(16-14-25)20-10-5-3-8-18(20)23/h3-6,8-11H,2,7,12-17H2,1H3,(H,24,27). The predicted molar refractivity (Wildman–Crippen MR) is 117 cm³/mol. The number of ether oxygens (including phenoxy) is 2. The number of nitrogens with one attached hydrogen (secondary N) is 1. The first kappa shape index (κ1) is 21.3. The van der Waals surface area contributed by atoms with Crippen molar-refractivity contribution in [2.75, 3.05) is 56.2 Å². The number of piperazine rings is 1. The van der Waals surface area contributed by atoms with Gasteiger partial charge in [0.2, 0.25) is 0 Å². The second kappa shape index (κ2) is 10.9. The summed E-state index contributed by atoms with van der Waals surface area (Å²) in [6.07, 6.45) is 0.341. The van der Waals surface area contributed by atoms with Crippen LogP contribution >= 0.6 is 11.6 Å². The zero-order valence-corrected chi connectivity index (χ0v) is 17.5. The van der Waals surface area contributed by atoms with E-state index >= 15 is 0 Å². The minimum Gasteiger partial charge on any atom is -0.492 e. The topological polar surface area (TPSA) is 54.0 Å². The highest BCUT2D eigenvalue weighted by Gasteiger charge is 2.18. The fourth-order valence-electron chi connectivity index (χ4n) is 3.37. The van der Waals surface area contributed by atoms with Crippen LogP contribution < -0.4 is 15.0 Å². The Labute approximate surface area is 177 Å². The summed E-state index contributed by atoms with van der Waals surface area (Å²) in [5, 5.41) is 3.54. The van der Waals surface area contributed by atoms with Crippen molar-refractivity contribution in [3.05, 3.63) is 53.6 Å². The quantitative estimate of drug-likeness (QED) is 0.641. The lowest BCUT2D eigenvalue weighted by Crippen LogP contribution is -2.46. The highest BCUT2D eigenvalue weighted by Crippen LogP contribution is 2.26. The number of halogens is 1. The summed E-state index contributed by atoms with van der Waals surface area (Å²) >= 11 is 6.29. The number of carbonyl (C=O) groups is 1. The number of benzene rings is 2. The van der Waals surface area contributed by atoms with Gasteiger partial charge < -0.3 is 14.4 Å². The first-order valence-electron chi connectivity index (χ1n) is 10.0. The highest BCUT2D eigenvalue weighted by molar-refractivity contribution is 6.33. The van der Waals surface area contributed by atoms with E-state index in [0.717, 1.165) is 49.9 Å². The Kier molecular flexibility index (Phi) is 8.02. The van der Waals surface area contributed by atoms with Crippen LogP contribution in [0.4, 0.5) is 16.2 Å².